The maximum atomic E-state index is 11.7. The van der Waals surface area contributed by atoms with Crippen LogP contribution >= 0.6 is 11.6 Å². The van der Waals surface area contributed by atoms with E-state index in [9.17, 15) is 4.79 Å². The minimum absolute atomic E-state index is 0.00593. The lowest BCUT2D eigenvalue weighted by Gasteiger charge is -2.05. The van der Waals surface area contributed by atoms with E-state index in [1.54, 1.807) is 12.3 Å². The Kier molecular flexibility index (Phi) is 4.02. The summed E-state index contributed by atoms with van der Waals surface area (Å²) in [5.74, 6) is -0.212. The molecule has 3 N–H and O–H groups in total. The molecule has 0 radical (unpaired) electrons. The van der Waals surface area contributed by atoms with E-state index in [-0.39, 0.29) is 12.5 Å². The average molecular weight is 265 g/mol. The van der Waals surface area contributed by atoms with Crippen molar-refractivity contribution < 1.29 is 9.90 Å². The number of nitrogens with one attached hydrogen (secondary N) is 2. The summed E-state index contributed by atoms with van der Waals surface area (Å²) in [6.07, 6.45) is 1.56. The second-order valence-corrected chi connectivity index (χ2v) is 4.33. The fraction of sp³-hybridized carbons (Fsp3) is 0.154. The number of amides is 1. The zero-order valence-corrected chi connectivity index (χ0v) is 10.4. The summed E-state index contributed by atoms with van der Waals surface area (Å²) in [6.45, 7) is 0.400. The van der Waals surface area contributed by atoms with E-state index >= 15 is 0 Å². The molecule has 1 amide bonds. The van der Waals surface area contributed by atoms with Crippen molar-refractivity contribution in [2.75, 3.05) is 0 Å². The van der Waals surface area contributed by atoms with Crippen LogP contribution in [0.4, 0.5) is 0 Å². The summed E-state index contributed by atoms with van der Waals surface area (Å²) in [5, 5.41) is 12.3. The van der Waals surface area contributed by atoms with Crippen LogP contribution in [-0.2, 0) is 13.2 Å². The van der Waals surface area contributed by atoms with Crippen molar-refractivity contribution in [3.8, 4) is 0 Å². The van der Waals surface area contributed by atoms with Gasteiger partial charge in [-0.3, -0.25) is 4.79 Å². The van der Waals surface area contributed by atoms with Crippen molar-refractivity contribution in [2.45, 2.75) is 13.2 Å². The second kappa shape index (κ2) is 5.71. The molecular weight excluding hydrogens is 252 g/mol. The first kappa shape index (κ1) is 12.7. The summed E-state index contributed by atoms with van der Waals surface area (Å²) in [4.78, 5) is 14.5. The Bertz CT molecular complexity index is 551. The van der Waals surface area contributed by atoms with E-state index in [1.807, 2.05) is 24.3 Å². The predicted molar refractivity (Wildman–Crippen MR) is 69.3 cm³/mol. The molecule has 0 aliphatic heterocycles. The van der Waals surface area contributed by atoms with Gasteiger partial charge < -0.3 is 15.4 Å². The third-order valence-electron chi connectivity index (χ3n) is 2.52. The minimum Gasteiger partial charge on any atom is -0.392 e. The molecule has 0 aliphatic rings. The maximum Gasteiger partial charge on any atom is 0.268 e. The number of aromatic nitrogens is 1. The lowest BCUT2D eigenvalue weighted by atomic mass is 10.1. The van der Waals surface area contributed by atoms with Crippen LogP contribution in [0.15, 0.2) is 36.5 Å². The number of hydrogen-bond acceptors (Lipinski definition) is 2. The molecular formula is C13H13ClN2O2. The van der Waals surface area contributed by atoms with Gasteiger partial charge in [0.1, 0.15) is 5.69 Å². The van der Waals surface area contributed by atoms with Crippen LogP contribution in [0, 0.1) is 0 Å². The Hall–Kier alpha value is -1.78. The maximum absolute atomic E-state index is 11.7. The predicted octanol–water partition coefficient (Wildman–Crippen LogP) is 2.09. The number of rotatable bonds is 4. The van der Waals surface area contributed by atoms with Crippen LogP contribution in [0.5, 0.6) is 0 Å². The van der Waals surface area contributed by atoms with E-state index in [1.165, 1.54) is 0 Å². The molecule has 5 heteroatoms. The van der Waals surface area contributed by atoms with E-state index in [0.29, 0.717) is 17.3 Å². The number of hydrogen-bond donors (Lipinski definition) is 3. The van der Waals surface area contributed by atoms with Crippen molar-refractivity contribution in [1.82, 2.24) is 10.3 Å². The smallest absolute Gasteiger partial charge is 0.268 e. The van der Waals surface area contributed by atoms with Gasteiger partial charge in [-0.05, 0) is 17.2 Å². The Labute approximate surface area is 110 Å². The van der Waals surface area contributed by atoms with Crippen LogP contribution < -0.4 is 5.32 Å². The molecule has 0 bridgehead atoms. The number of benzene rings is 1. The molecule has 2 rings (SSSR count). The number of H-pyrrole nitrogens is 1. The molecule has 94 valence electrons. The van der Waals surface area contributed by atoms with Crippen LogP contribution in [0.3, 0.4) is 0 Å². The number of carbonyl (C=O) groups is 1. The Morgan fingerprint density at radius 2 is 2.11 bits per heavy atom. The molecule has 0 saturated heterocycles. The number of carbonyl (C=O) groups excluding carboxylic acids is 1. The Morgan fingerprint density at radius 1 is 1.33 bits per heavy atom. The molecule has 2 aromatic rings. The molecule has 0 unspecified atom stereocenters. The molecule has 0 fully saturated rings. The first-order valence-electron chi connectivity index (χ1n) is 5.50. The van der Waals surface area contributed by atoms with Gasteiger partial charge in [0.15, 0.2) is 0 Å². The van der Waals surface area contributed by atoms with Gasteiger partial charge in [-0.25, -0.2) is 0 Å². The minimum atomic E-state index is -0.212. The normalized spacial score (nSPS) is 10.3. The summed E-state index contributed by atoms with van der Waals surface area (Å²) in [5.41, 5.74) is 2.19. The van der Waals surface area contributed by atoms with E-state index in [0.717, 1.165) is 11.1 Å². The molecule has 0 aliphatic carbocycles. The van der Waals surface area contributed by atoms with E-state index in [4.69, 9.17) is 16.7 Å². The van der Waals surface area contributed by atoms with Crippen LogP contribution in [0.2, 0.25) is 5.02 Å². The third kappa shape index (κ3) is 3.12. The van der Waals surface area contributed by atoms with Gasteiger partial charge in [0.05, 0.1) is 11.6 Å². The van der Waals surface area contributed by atoms with Crippen molar-refractivity contribution in [2.24, 2.45) is 0 Å². The van der Waals surface area contributed by atoms with Crippen molar-refractivity contribution >= 4 is 17.5 Å². The van der Waals surface area contributed by atoms with Crippen LogP contribution in [0.1, 0.15) is 21.6 Å². The number of aliphatic hydroxyl groups is 1. The lowest BCUT2D eigenvalue weighted by Crippen LogP contribution is -2.23. The van der Waals surface area contributed by atoms with Gasteiger partial charge in [-0.2, -0.15) is 0 Å². The topological polar surface area (TPSA) is 65.1 Å². The third-order valence-corrected chi connectivity index (χ3v) is 2.74. The van der Waals surface area contributed by atoms with Gasteiger partial charge in [0.25, 0.3) is 5.91 Å². The Morgan fingerprint density at radius 3 is 2.78 bits per heavy atom. The highest BCUT2D eigenvalue weighted by molar-refractivity contribution is 6.30. The summed E-state index contributed by atoms with van der Waals surface area (Å²) in [6, 6.07) is 8.98. The quantitative estimate of drug-likeness (QED) is 0.792. The lowest BCUT2D eigenvalue weighted by molar-refractivity contribution is 0.0946. The molecule has 0 spiro atoms. The summed E-state index contributed by atoms with van der Waals surface area (Å²) < 4.78 is 0. The largest absolute Gasteiger partial charge is 0.392 e. The van der Waals surface area contributed by atoms with E-state index in [2.05, 4.69) is 10.3 Å². The van der Waals surface area contributed by atoms with Gasteiger partial charge in [0, 0.05) is 12.7 Å². The zero-order chi connectivity index (χ0) is 13.0. The van der Waals surface area contributed by atoms with Crippen molar-refractivity contribution in [1.29, 1.82) is 0 Å². The number of aliphatic hydroxyl groups excluding tert-OH is 1. The number of aromatic amines is 1. The molecule has 1 aromatic heterocycles. The Balaban J connectivity index is 1.97. The molecule has 4 nitrogen and oxygen atoms in total. The molecule has 18 heavy (non-hydrogen) atoms. The van der Waals surface area contributed by atoms with Crippen molar-refractivity contribution in [3.05, 3.63) is 58.4 Å². The fourth-order valence-electron chi connectivity index (χ4n) is 1.61. The van der Waals surface area contributed by atoms with Gasteiger partial charge in [0.2, 0.25) is 0 Å². The molecule has 1 heterocycles. The van der Waals surface area contributed by atoms with Gasteiger partial charge >= 0.3 is 0 Å². The summed E-state index contributed by atoms with van der Waals surface area (Å²) >= 11 is 5.72. The van der Waals surface area contributed by atoms with Crippen LogP contribution in [0.25, 0.3) is 0 Å². The first-order chi connectivity index (χ1) is 8.69. The molecule has 1 aromatic carbocycles. The number of halogens is 1. The zero-order valence-electron chi connectivity index (χ0n) is 9.61. The molecule has 0 atom stereocenters. The SMILES string of the molecule is O=C(NCc1cccc(CO)c1)c1cc(Cl)c[nH]1. The second-order valence-electron chi connectivity index (χ2n) is 3.89. The van der Waals surface area contributed by atoms with Gasteiger partial charge in [-0.1, -0.05) is 35.9 Å². The van der Waals surface area contributed by atoms with E-state index < -0.39 is 0 Å². The van der Waals surface area contributed by atoms with Gasteiger partial charge in [-0.15, -0.1) is 0 Å². The fourth-order valence-corrected chi connectivity index (χ4v) is 1.78. The monoisotopic (exact) mass is 264 g/mol. The highest BCUT2D eigenvalue weighted by Gasteiger charge is 2.07. The average Bonchev–Trinajstić information content (AvgIpc) is 2.83. The van der Waals surface area contributed by atoms with Crippen molar-refractivity contribution in [3.63, 3.8) is 0 Å². The summed E-state index contributed by atoms with van der Waals surface area (Å²) in [7, 11) is 0. The highest BCUT2D eigenvalue weighted by atomic mass is 35.5. The highest BCUT2D eigenvalue weighted by Crippen LogP contribution is 2.10. The first-order valence-corrected chi connectivity index (χ1v) is 5.87. The van der Waals surface area contributed by atoms with Crippen LogP contribution in [-0.4, -0.2) is 16.0 Å². The molecule has 0 saturated carbocycles. The standard InChI is InChI=1S/C13H13ClN2O2/c14-11-5-12(15-7-11)13(18)16-6-9-2-1-3-10(4-9)8-17/h1-5,7,15,17H,6,8H2,(H,16,18).